The van der Waals surface area contributed by atoms with Crippen LogP contribution in [0.2, 0.25) is 5.02 Å². The van der Waals surface area contributed by atoms with Gasteiger partial charge in [0.2, 0.25) is 0 Å². The van der Waals surface area contributed by atoms with E-state index in [1.165, 1.54) is 0 Å². The average Bonchev–Trinajstić information content (AvgIpc) is 2.74. The van der Waals surface area contributed by atoms with E-state index in [9.17, 15) is 9.90 Å². The number of rotatable bonds is 3. The van der Waals surface area contributed by atoms with Gasteiger partial charge in [0.05, 0.1) is 6.10 Å². The number of carboxylic acid groups (broad SMARTS) is 1. The Morgan fingerprint density at radius 2 is 2.12 bits per heavy atom. The summed E-state index contributed by atoms with van der Waals surface area (Å²) in [6.45, 7) is 0.655. The Kier molecular flexibility index (Phi) is 3.46. The molecule has 86 valence electrons. The summed E-state index contributed by atoms with van der Waals surface area (Å²) >= 11 is 5.78. The fraction of sp³-hybridized carbons (Fsp3) is 0.417. The third kappa shape index (κ3) is 2.36. The van der Waals surface area contributed by atoms with Crippen molar-refractivity contribution in [3.63, 3.8) is 0 Å². The molecule has 0 spiro atoms. The van der Waals surface area contributed by atoms with Gasteiger partial charge in [-0.1, -0.05) is 23.7 Å². The lowest BCUT2D eigenvalue weighted by Gasteiger charge is -2.19. The molecule has 0 aromatic heterocycles. The molecule has 1 saturated heterocycles. The van der Waals surface area contributed by atoms with E-state index in [0.29, 0.717) is 11.6 Å². The molecule has 2 rings (SSSR count). The molecule has 1 heterocycles. The van der Waals surface area contributed by atoms with Crippen LogP contribution in [0.4, 0.5) is 0 Å². The van der Waals surface area contributed by atoms with Gasteiger partial charge < -0.3 is 9.84 Å². The average molecular weight is 241 g/mol. The maximum absolute atomic E-state index is 11.3. The zero-order valence-corrected chi connectivity index (χ0v) is 9.48. The summed E-state index contributed by atoms with van der Waals surface area (Å²) in [5, 5.41) is 9.85. The van der Waals surface area contributed by atoms with Crippen molar-refractivity contribution in [2.75, 3.05) is 6.61 Å². The standard InChI is InChI=1S/C12H13ClO3/c13-9-5-3-8(4-6-9)11(12(14)15)10-2-1-7-16-10/h3-6,10-11H,1-2,7H2,(H,14,15). The van der Waals surface area contributed by atoms with Crippen LogP contribution in [0.15, 0.2) is 24.3 Å². The van der Waals surface area contributed by atoms with Crippen molar-refractivity contribution in [3.8, 4) is 0 Å². The summed E-state index contributed by atoms with van der Waals surface area (Å²) in [6, 6.07) is 6.93. The molecule has 0 aliphatic carbocycles. The Labute approximate surface area is 99.0 Å². The predicted molar refractivity (Wildman–Crippen MR) is 60.8 cm³/mol. The number of aliphatic carboxylic acids is 1. The maximum atomic E-state index is 11.3. The highest BCUT2D eigenvalue weighted by atomic mass is 35.5. The number of benzene rings is 1. The molecule has 3 nitrogen and oxygen atoms in total. The Morgan fingerprint density at radius 3 is 2.62 bits per heavy atom. The van der Waals surface area contributed by atoms with Crippen molar-refractivity contribution in [1.82, 2.24) is 0 Å². The van der Waals surface area contributed by atoms with Gasteiger partial charge in [0.1, 0.15) is 5.92 Å². The Hall–Kier alpha value is -1.06. The second-order valence-electron chi connectivity index (χ2n) is 3.92. The van der Waals surface area contributed by atoms with Crippen LogP contribution in [0.5, 0.6) is 0 Å². The molecule has 1 aromatic carbocycles. The third-order valence-electron chi connectivity index (χ3n) is 2.83. The second-order valence-corrected chi connectivity index (χ2v) is 4.36. The Bertz CT molecular complexity index is 368. The number of halogens is 1. The fourth-order valence-corrected chi connectivity index (χ4v) is 2.18. The SMILES string of the molecule is O=C(O)C(c1ccc(Cl)cc1)C1CCCO1. The topological polar surface area (TPSA) is 46.5 Å². The monoisotopic (exact) mass is 240 g/mol. The molecule has 1 N–H and O–H groups in total. The van der Waals surface area contributed by atoms with Crippen LogP contribution in [0, 0.1) is 0 Å². The van der Waals surface area contributed by atoms with Crippen LogP contribution in [0.25, 0.3) is 0 Å². The summed E-state index contributed by atoms with van der Waals surface area (Å²) < 4.78 is 5.45. The van der Waals surface area contributed by atoms with E-state index in [1.807, 2.05) is 0 Å². The number of hydrogen-bond donors (Lipinski definition) is 1. The molecule has 1 fully saturated rings. The van der Waals surface area contributed by atoms with Crippen LogP contribution in [-0.4, -0.2) is 23.8 Å². The largest absolute Gasteiger partial charge is 0.481 e. The number of ether oxygens (including phenoxy) is 1. The lowest BCUT2D eigenvalue weighted by atomic mass is 9.92. The van der Waals surface area contributed by atoms with Crippen molar-refractivity contribution in [2.45, 2.75) is 24.9 Å². The van der Waals surface area contributed by atoms with E-state index in [-0.39, 0.29) is 6.10 Å². The lowest BCUT2D eigenvalue weighted by molar-refractivity contribution is -0.141. The highest BCUT2D eigenvalue weighted by Crippen LogP contribution is 2.29. The van der Waals surface area contributed by atoms with Gasteiger partial charge in [-0.2, -0.15) is 0 Å². The molecule has 2 unspecified atom stereocenters. The van der Waals surface area contributed by atoms with Gasteiger partial charge in [0.15, 0.2) is 0 Å². The van der Waals surface area contributed by atoms with Crippen molar-refractivity contribution in [1.29, 1.82) is 0 Å². The molecule has 1 aromatic rings. The normalized spacial score (nSPS) is 21.9. The molecule has 16 heavy (non-hydrogen) atoms. The fourth-order valence-electron chi connectivity index (χ4n) is 2.05. The van der Waals surface area contributed by atoms with Gasteiger partial charge in [-0.3, -0.25) is 4.79 Å². The van der Waals surface area contributed by atoms with Crippen LogP contribution < -0.4 is 0 Å². The van der Waals surface area contributed by atoms with Crippen LogP contribution >= 0.6 is 11.6 Å². The zero-order chi connectivity index (χ0) is 11.5. The van der Waals surface area contributed by atoms with Crippen molar-refractivity contribution < 1.29 is 14.6 Å². The minimum Gasteiger partial charge on any atom is -0.481 e. The Balaban J connectivity index is 2.24. The molecule has 1 aliphatic heterocycles. The molecule has 4 heteroatoms. The third-order valence-corrected chi connectivity index (χ3v) is 3.08. The smallest absolute Gasteiger partial charge is 0.313 e. The van der Waals surface area contributed by atoms with E-state index in [4.69, 9.17) is 16.3 Å². The molecular formula is C12H13ClO3. The molecule has 0 amide bonds. The first-order valence-electron chi connectivity index (χ1n) is 5.28. The first-order chi connectivity index (χ1) is 7.68. The number of carboxylic acids is 1. The van der Waals surface area contributed by atoms with Gasteiger partial charge in [-0.15, -0.1) is 0 Å². The molecule has 2 atom stereocenters. The zero-order valence-electron chi connectivity index (χ0n) is 8.73. The molecule has 1 aliphatic rings. The van der Waals surface area contributed by atoms with Crippen molar-refractivity contribution >= 4 is 17.6 Å². The Morgan fingerprint density at radius 1 is 1.44 bits per heavy atom. The van der Waals surface area contributed by atoms with E-state index in [0.717, 1.165) is 18.4 Å². The summed E-state index contributed by atoms with van der Waals surface area (Å²) in [6.07, 6.45) is 1.53. The van der Waals surface area contributed by atoms with Crippen LogP contribution in [-0.2, 0) is 9.53 Å². The van der Waals surface area contributed by atoms with E-state index in [1.54, 1.807) is 24.3 Å². The molecule has 0 saturated carbocycles. The number of carbonyl (C=O) groups is 1. The second kappa shape index (κ2) is 4.85. The quantitative estimate of drug-likeness (QED) is 0.884. The number of hydrogen-bond acceptors (Lipinski definition) is 2. The van der Waals surface area contributed by atoms with Crippen LogP contribution in [0.1, 0.15) is 24.3 Å². The van der Waals surface area contributed by atoms with E-state index < -0.39 is 11.9 Å². The predicted octanol–water partition coefficient (Wildman–Crippen LogP) is 2.69. The van der Waals surface area contributed by atoms with E-state index in [2.05, 4.69) is 0 Å². The highest BCUT2D eigenvalue weighted by Gasteiger charge is 2.32. The lowest BCUT2D eigenvalue weighted by Crippen LogP contribution is -2.25. The molecule has 0 bridgehead atoms. The minimum absolute atomic E-state index is 0.210. The molecular weight excluding hydrogens is 228 g/mol. The van der Waals surface area contributed by atoms with Crippen LogP contribution in [0.3, 0.4) is 0 Å². The highest BCUT2D eigenvalue weighted by molar-refractivity contribution is 6.30. The summed E-state index contributed by atoms with van der Waals surface area (Å²) in [5.74, 6) is -1.42. The first kappa shape index (κ1) is 11.4. The van der Waals surface area contributed by atoms with Gasteiger partial charge in [0, 0.05) is 11.6 Å². The maximum Gasteiger partial charge on any atom is 0.313 e. The molecule has 0 radical (unpaired) electrons. The summed E-state index contributed by atoms with van der Waals surface area (Å²) in [5.41, 5.74) is 0.754. The summed E-state index contributed by atoms with van der Waals surface area (Å²) in [7, 11) is 0. The van der Waals surface area contributed by atoms with E-state index >= 15 is 0 Å². The van der Waals surface area contributed by atoms with Crippen molar-refractivity contribution in [2.24, 2.45) is 0 Å². The van der Waals surface area contributed by atoms with Gasteiger partial charge in [-0.05, 0) is 30.5 Å². The summed E-state index contributed by atoms with van der Waals surface area (Å²) in [4.78, 5) is 11.3. The first-order valence-corrected chi connectivity index (χ1v) is 5.66. The van der Waals surface area contributed by atoms with Gasteiger partial charge in [-0.25, -0.2) is 0 Å². The van der Waals surface area contributed by atoms with Crippen molar-refractivity contribution in [3.05, 3.63) is 34.9 Å². The van der Waals surface area contributed by atoms with Gasteiger partial charge >= 0.3 is 5.97 Å². The van der Waals surface area contributed by atoms with Gasteiger partial charge in [0.25, 0.3) is 0 Å². The minimum atomic E-state index is -0.839.